The van der Waals surface area contributed by atoms with E-state index in [1.54, 1.807) is 0 Å². The van der Waals surface area contributed by atoms with Gasteiger partial charge in [0.15, 0.2) is 5.76 Å². The lowest BCUT2D eigenvalue weighted by atomic mass is 10.3. The molecule has 0 atom stereocenters. The molecule has 148 valence electrons. The minimum absolute atomic E-state index is 0.00732. The Kier molecular flexibility index (Phi) is 5.74. The van der Waals surface area contributed by atoms with Gasteiger partial charge in [0.2, 0.25) is 0 Å². The second kappa shape index (κ2) is 8.40. The number of benzene rings is 2. The van der Waals surface area contributed by atoms with Crippen LogP contribution in [0.15, 0.2) is 59.0 Å². The van der Waals surface area contributed by atoms with E-state index in [1.807, 2.05) is 0 Å². The number of amides is 1. The molecule has 0 saturated heterocycles. The number of nitrogens with one attached hydrogen (secondary N) is 1. The first-order valence-electron chi connectivity index (χ1n) is 8.05. The molecule has 29 heavy (non-hydrogen) atoms. The molecule has 1 aromatic heterocycles. The van der Waals surface area contributed by atoms with E-state index in [0.29, 0.717) is 11.4 Å². The van der Waals surface area contributed by atoms with Crippen LogP contribution in [0.1, 0.15) is 16.3 Å². The summed E-state index contributed by atoms with van der Waals surface area (Å²) in [4.78, 5) is 32.6. The Morgan fingerprint density at radius 3 is 2.31 bits per heavy atom. The SMILES string of the molecule is O=C(Nc1ccc([N+](=O)[O-])cc1)c1ccc(COc2cc([N+](=O)[O-])ccc2Cl)o1. The number of non-ortho nitro benzene ring substituents is 2. The van der Waals surface area contributed by atoms with Gasteiger partial charge in [-0.15, -0.1) is 0 Å². The highest BCUT2D eigenvalue weighted by Crippen LogP contribution is 2.29. The van der Waals surface area contributed by atoms with Gasteiger partial charge in [-0.1, -0.05) is 11.6 Å². The molecule has 2 aromatic carbocycles. The maximum atomic E-state index is 12.2. The van der Waals surface area contributed by atoms with E-state index < -0.39 is 15.8 Å². The first kappa shape index (κ1) is 19.8. The molecular weight excluding hydrogens is 406 g/mol. The molecule has 1 amide bonds. The standard InChI is InChI=1S/C18H12ClN3O7/c19-15-7-5-13(22(26)27)9-17(15)28-10-14-6-8-16(29-14)18(23)20-11-1-3-12(4-2-11)21(24)25/h1-9H,10H2,(H,20,23). The van der Waals surface area contributed by atoms with Crippen LogP contribution in [-0.2, 0) is 6.61 Å². The fraction of sp³-hybridized carbons (Fsp3) is 0.0556. The number of furan rings is 1. The minimum atomic E-state index is -0.573. The van der Waals surface area contributed by atoms with Crippen LogP contribution in [0.25, 0.3) is 0 Å². The molecular formula is C18H12ClN3O7. The number of nitrogens with zero attached hydrogens (tertiary/aromatic N) is 2. The highest BCUT2D eigenvalue weighted by atomic mass is 35.5. The van der Waals surface area contributed by atoms with Gasteiger partial charge < -0.3 is 14.5 Å². The van der Waals surface area contributed by atoms with E-state index >= 15 is 0 Å². The summed E-state index contributed by atoms with van der Waals surface area (Å²) >= 11 is 5.96. The third kappa shape index (κ3) is 4.87. The number of carbonyl (C=O) groups is 1. The van der Waals surface area contributed by atoms with Gasteiger partial charge in [-0.05, 0) is 30.3 Å². The monoisotopic (exact) mass is 417 g/mol. The Morgan fingerprint density at radius 2 is 1.66 bits per heavy atom. The van der Waals surface area contributed by atoms with Crippen molar-refractivity contribution in [1.82, 2.24) is 0 Å². The van der Waals surface area contributed by atoms with Gasteiger partial charge in [0, 0.05) is 23.9 Å². The Labute approximate surface area is 168 Å². The molecule has 10 nitrogen and oxygen atoms in total. The smallest absolute Gasteiger partial charge is 0.291 e. The molecule has 0 spiro atoms. The molecule has 0 aliphatic carbocycles. The molecule has 3 aromatic rings. The van der Waals surface area contributed by atoms with Crippen LogP contribution in [0, 0.1) is 20.2 Å². The van der Waals surface area contributed by atoms with Gasteiger partial charge in [0.1, 0.15) is 18.1 Å². The van der Waals surface area contributed by atoms with E-state index in [2.05, 4.69) is 5.32 Å². The van der Waals surface area contributed by atoms with Gasteiger partial charge in [-0.25, -0.2) is 0 Å². The number of nitro benzene ring substituents is 2. The highest BCUT2D eigenvalue weighted by Gasteiger charge is 2.15. The molecule has 11 heteroatoms. The Balaban J connectivity index is 1.63. The van der Waals surface area contributed by atoms with Crippen molar-refractivity contribution in [2.45, 2.75) is 6.61 Å². The van der Waals surface area contributed by atoms with E-state index in [1.165, 1.54) is 54.6 Å². The number of ether oxygens (including phenoxy) is 1. The van der Waals surface area contributed by atoms with E-state index in [9.17, 15) is 25.0 Å². The number of hydrogen-bond acceptors (Lipinski definition) is 7. The van der Waals surface area contributed by atoms with Gasteiger partial charge in [-0.3, -0.25) is 25.0 Å². The maximum absolute atomic E-state index is 12.2. The van der Waals surface area contributed by atoms with Crippen LogP contribution in [0.4, 0.5) is 17.1 Å². The quantitative estimate of drug-likeness (QED) is 0.438. The van der Waals surface area contributed by atoms with E-state index in [-0.39, 0.29) is 34.5 Å². The number of nitro groups is 2. The van der Waals surface area contributed by atoms with Crippen LogP contribution < -0.4 is 10.1 Å². The van der Waals surface area contributed by atoms with Gasteiger partial charge in [-0.2, -0.15) is 0 Å². The van der Waals surface area contributed by atoms with Crippen molar-refractivity contribution in [2.24, 2.45) is 0 Å². The summed E-state index contributed by atoms with van der Waals surface area (Å²) < 4.78 is 10.8. The lowest BCUT2D eigenvalue weighted by molar-refractivity contribution is -0.385. The second-order valence-electron chi connectivity index (χ2n) is 5.68. The molecule has 1 heterocycles. The van der Waals surface area contributed by atoms with Gasteiger partial charge in [0.05, 0.1) is 20.9 Å². The normalized spacial score (nSPS) is 10.4. The average molecular weight is 418 g/mol. The molecule has 0 saturated carbocycles. The number of halogens is 1. The third-order valence-corrected chi connectivity index (χ3v) is 4.03. The maximum Gasteiger partial charge on any atom is 0.291 e. The van der Waals surface area contributed by atoms with Crippen LogP contribution in [0.3, 0.4) is 0 Å². The van der Waals surface area contributed by atoms with Crippen molar-refractivity contribution in [3.8, 4) is 5.75 Å². The number of carbonyl (C=O) groups excluding carboxylic acids is 1. The van der Waals surface area contributed by atoms with Crippen molar-refractivity contribution >= 4 is 34.6 Å². The molecule has 0 unspecified atom stereocenters. The zero-order chi connectivity index (χ0) is 21.0. The summed E-state index contributed by atoms with van der Waals surface area (Å²) in [5, 5.41) is 24.2. The van der Waals surface area contributed by atoms with Crippen molar-refractivity contribution < 1.29 is 23.8 Å². The van der Waals surface area contributed by atoms with E-state index in [4.69, 9.17) is 20.8 Å². The summed E-state index contributed by atoms with van der Waals surface area (Å²) in [6.07, 6.45) is 0. The first-order valence-corrected chi connectivity index (χ1v) is 8.42. The van der Waals surface area contributed by atoms with Crippen molar-refractivity contribution in [3.63, 3.8) is 0 Å². The second-order valence-corrected chi connectivity index (χ2v) is 6.09. The first-order chi connectivity index (χ1) is 13.8. The van der Waals surface area contributed by atoms with Gasteiger partial charge in [0.25, 0.3) is 17.3 Å². The summed E-state index contributed by atoms with van der Waals surface area (Å²) in [6.45, 7) is -0.105. The molecule has 0 bridgehead atoms. The third-order valence-electron chi connectivity index (χ3n) is 3.72. The lowest BCUT2D eigenvalue weighted by Gasteiger charge is -2.06. The van der Waals surface area contributed by atoms with Crippen molar-refractivity contribution in [1.29, 1.82) is 0 Å². The Morgan fingerprint density at radius 1 is 1.00 bits per heavy atom. The molecule has 0 aliphatic rings. The van der Waals surface area contributed by atoms with Crippen LogP contribution in [0.2, 0.25) is 5.02 Å². The summed E-state index contributed by atoms with van der Waals surface area (Å²) in [5.74, 6) is -0.166. The topological polar surface area (TPSA) is 138 Å². The van der Waals surface area contributed by atoms with Crippen molar-refractivity contribution in [3.05, 3.63) is 91.4 Å². The van der Waals surface area contributed by atoms with E-state index in [0.717, 1.165) is 0 Å². The largest absolute Gasteiger partial charge is 0.484 e. The van der Waals surface area contributed by atoms with Crippen molar-refractivity contribution in [2.75, 3.05) is 5.32 Å². The van der Waals surface area contributed by atoms with Crippen LogP contribution in [-0.4, -0.2) is 15.8 Å². The summed E-state index contributed by atoms with van der Waals surface area (Å²) in [6, 6.07) is 12.0. The Hall–Kier alpha value is -3.92. The van der Waals surface area contributed by atoms with Crippen LogP contribution in [0.5, 0.6) is 5.75 Å². The molecule has 0 radical (unpaired) electrons. The predicted molar refractivity (Wildman–Crippen MR) is 102 cm³/mol. The summed E-state index contributed by atoms with van der Waals surface area (Å²) in [5.41, 5.74) is 0.0884. The number of anilines is 1. The molecule has 3 rings (SSSR count). The predicted octanol–water partition coefficient (Wildman–Crippen LogP) is 4.58. The van der Waals surface area contributed by atoms with Gasteiger partial charge >= 0.3 is 0 Å². The number of rotatable bonds is 7. The summed E-state index contributed by atoms with van der Waals surface area (Å²) in [7, 11) is 0. The average Bonchev–Trinajstić information content (AvgIpc) is 3.17. The minimum Gasteiger partial charge on any atom is -0.484 e. The lowest BCUT2D eigenvalue weighted by Crippen LogP contribution is -2.10. The zero-order valence-electron chi connectivity index (χ0n) is 14.5. The molecule has 0 fully saturated rings. The highest BCUT2D eigenvalue weighted by molar-refractivity contribution is 6.32. The zero-order valence-corrected chi connectivity index (χ0v) is 15.3. The molecule has 0 aliphatic heterocycles. The fourth-order valence-electron chi connectivity index (χ4n) is 2.30. The van der Waals surface area contributed by atoms with Crippen LogP contribution >= 0.6 is 11.6 Å². The fourth-order valence-corrected chi connectivity index (χ4v) is 2.47. The Bertz CT molecular complexity index is 1080. The molecule has 1 N–H and O–H groups in total. The number of hydrogen-bond donors (Lipinski definition) is 1.